The molecule has 0 aliphatic carbocycles. The van der Waals surface area contributed by atoms with Crippen molar-refractivity contribution in [1.29, 1.82) is 0 Å². The summed E-state index contributed by atoms with van der Waals surface area (Å²) in [7, 11) is 0. The third-order valence-corrected chi connectivity index (χ3v) is 4.63. The number of amides is 2. The van der Waals surface area contributed by atoms with Gasteiger partial charge < -0.3 is 16.0 Å². The first-order chi connectivity index (χ1) is 11.8. The average molecular weight is 353 g/mol. The van der Waals surface area contributed by atoms with E-state index in [1.165, 1.54) is 13.0 Å². The molecule has 138 valence electrons. The van der Waals surface area contributed by atoms with Gasteiger partial charge in [-0.3, -0.25) is 9.59 Å². The zero-order chi connectivity index (χ0) is 18.4. The van der Waals surface area contributed by atoms with Gasteiger partial charge in [-0.05, 0) is 37.4 Å². The number of piperidine rings is 1. The molecule has 25 heavy (non-hydrogen) atoms. The second-order valence-electron chi connectivity index (χ2n) is 6.96. The fourth-order valence-corrected chi connectivity index (χ4v) is 3.04. The summed E-state index contributed by atoms with van der Waals surface area (Å²) in [4.78, 5) is 23.7. The number of hydrogen-bond acceptors (Lipinski definition) is 3. The van der Waals surface area contributed by atoms with Gasteiger partial charge in [0, 0.05) is 25.1 Å². The fourth-order valence-electron chi connectivity index (χ4n) is 3.04. The molecule has 0 saturated carbocycles. The van der Waals surface area contributed by atoms with Crippen LogP contribution >= 0.6 is 0 Å². The minimum atomic E-state index is -0.834. The van der Waals surface area contributed by atoms with Gasteiger partial charge in [-0.2, -0.15) is 0 Å². The highest BCUT2D eigenvalue weighted by atomic mass is 19.1. The van der Waals surface area contributed by atoms with Crippen LogP contribution in [-0.2, 0) is 9.59 Å². The summed E-state index contributed by atoms with van der Waals surface area (Å²) in [6, 6.07) is 2.28. The number of rotatable bonds is 6. The highest BCUT2D eigenvalue weighted by molar-refractivity contribution is 5.79. The van der Waals surface area contributed by atoms with Gasteiger partial charge in [-0.1, -0.05) is 13.0 Å². The number of nitrogens with one attached hydrogen (secondary N) is 3. The van der Waals surface area contributed by atoms with Crippen LogP contribution in [0.5, 0.6) is 0 Å². The van der Waals surface area contributed by atoms with Crippen molar-refractivity contribution in [2.24, 2.45) is 5.41 Å². The highest BCUT2D eigenvalue weighted by Crippen LogP contribution is 2.27. The molecular weight excluding hydrogens is 328 g/mol. The predicted octanol–water partition coefficient (Wildman–Crippen LogP) is 2.04. The van der Waals surface area contributed by atoms with Crippen molar-refractivity contribution in [2.45, 2.75) is 39.2 Å². The Kier molecular flexibility index (Phi) is 6.47. The van der Waals surface area contributed by atoms with Crippen LogP contribution in [0.25, 0.3) is 0 Å². The van der Waals surface area contributed by atoms with E-state index in [1.54, 1.807) is 0 Å². The van der Waals surface area contributed by atoms with Crippen molar-refractivity contribution >= 4 is 11.8 Å². The lowest BCUT2D eigenvalue weighted by Gasteiger charge is -2.34. The van der Waals surface area contributed by atoms with E-state index < -0.39 is 17.7 Å². The molecule has 1 unspecified atom stereocenters. The number of hydrogen-bond donors (Lipinski definition) is 3. The Morgan fingerprint density at radius 1 is 1.28 bits per heavy atom. The maximum atomic E-state index is 14.0. The van der Waals surface area contributed by atoms with E-state index in [0.717, 1.165) is 38.1 Å². The summed E-state index contributed by atoms with van der Waals surface area (Å²) in [5, 5.41) is 8.73. The third-order valence-electron chi connectivity index (χ3n) is 4.63. The Balaban J connectivity index is 2.01. The molecule has 3 N–H and O–H groups in total. The van der Waals surface area contributed by atoms with Crippen LogP contribution in [0.1, 0.15) is 44.7 Å². The molecule has 1 saturated heterocycles. The van der Waals surface area contributed by atoms with E-state index in [-0.39, 0.29) is 29.2 Å². The van der Waals surface area contributed by atoms with Gasteiger partial charge in [0.2, 0.25) is 11.8 Å². The lowest BCUT2D eigenvalue weighted by atomic mass is 9.81. The van der Waals surface area contributed by atoms with Gasteiger partial charge in [0.25, 0.3) is 0 Å². The largest absolute Gasteiger partial charge is 0.355 e. The van der Waals surface area contributed by atoms with Gasteiger partial charge in [0.15, 0.2) is 0 Å². The summed E-state index contributed by atoms with van der Waals surface area (Å²) in [5.41, 5.74) is 0.130. The molecule has 7 heteroatoms. The van der Waals surface area contributed by atoms with E-state index in [1.807, 2.05) is 0 Å². The first-order valence-corrected chi connectivity index (χ1v) is 8.48. The number of carbonyl (C=O) groups excluding carboxylic acids is 2. The molecule has 2 rings (SSSR count). The van der Waals surface area contributed by atoms with E-state index in [0.29, 0.717) is 6.54 Å². The SMILES string of the molecule is CC(=O)NC(CC(=O)NCC1(C)CCNCC1)c1ccc(F)cc1F. The molecule has 1 aromatic rings. The smallest absolute Gasteiger partial charge is 0.222 e. The average Bonchev–Trinajstić information content (AvgIpc) is 2.53. The second-order valence-corrected chi connectivity index (χ2v) is 6.96. The van der Waals surface area contributed by atoms with E-state index in [2.05, 4.69) is 22.9 Å². The molecule has 1 fully saturated rings. The second kappa shape index (κ2) is 8.38. The fraction of sp³-hybridized carbons (Fsp3) is 0.556. The molecule has 0 spiro atoms. The quantitative estimate of drug-likeness (QED) is 0.733. The summed E-state index contributed by atoms with van der Waals surface area (Å²) >= 11 is 0. The Hall–Kier alpha value is -2.02. The number of halogens is 2. The van der Waals surface area contributed by atoms with Crippen LogP contribution in [0.3, 0.4) is 0 Å². The zero-order valence-corrected chi connectivity index (χ0v) is 14.6. The molecule has 1 aromatic carbocycles. The normalized spacial score (nSPS) is 17.6. The lowest BCUT2D eigenvalue weighted by molar-refractivity contribution is -0.123. The van der Waals surface area contributed by atoms with E-state index in [4.69, 9.17) is 0 Å². The third kappa shape index (κ3) is 5.77. The van der Waals surface area contributed by atoms with Crippen LogP contribution in [0.4, 0.5) is 8.78 Å². The maximum Gasteiger partial charge on any atom is 0.222 e. The molecule has 0 radical (unpaired) electrons. The van der Waals surface area contributed by atoms with Crippen molar-refractivity contribution in [3.63, 3.8) is 0 Å². The first-order valence-electron chi connectivity index (χ1n) is 8.48. The molecule has 5 nitrogen and oxygen atoms in total. The topological polar surface area (TPSA) is 70.2 Å². The van der Waals surface area contributed by atoms with Crippen LogP contribution < -0.4 is 16.0 Å². The molecule has 1 aliphatic rings. The Labute approximate surface area is 146 Å². The monoisotopic (exact) mass is 353 g/mol. The zero-order valence-electron chi connectivity index (χ0n) is 14.6. The first kappa shape index (κ1) is 19.3. The van der Waals surface area contributed by atoms with Gasteiger partial charge in [0.05, 0.1) is 12.5 Å². The summed E-state index contributed by atoms with van der Waals surface area (Å²) in [6.45, 7) is 5.79. The molecule has 0 aromatic heterocycles. The number of carbonyl (C=O) groups is 2. The van der Waals surface area contributed by atoms with Crippen molar-refractivity contribution in [3.8, 4) is 0 Å². The lowest BCUT2D eigenvalue weighted by Crippen LogP contribution is -2.43. The van der Waals surface area contributed by atoms with Crippen molar-refractivity contribution in [2.75, 3.05) is 19.6 Å². The maximum absolute atomic E-state index is 14.0. The molecule has 2 amide bonds. The molecular formula is C18H25F2N3O2. The Morgan fingerprint density at radius 3 is 2.56 bits per heavy atom. The summed E-state index contributed by atoms with van der Waals surface area (Å²) in [5.74, 6) is -2.14. The van der Waals surface area contributed by atoms with Crippen molar-refractivity contribution in [3.05, 3.63) is 35.4 Å². The minimum Gasteiger partial charge on any atom is -0.355 e. The van der Waals surface area contributed by atoms with Crippen LogP contribution in [0, 0.1) is 17.0 Å². The van der Waals surface area contributed by atoms with Gasteiger partial charge in [-0.15, -0.1) is 0 Å². The molecule has 1 heterocycles. The molecule has 1 atom stereocenters. The molecule has 0 bridgehead atoms. The standard InChI is InChI=1S/C18H25F2N3O2/c1-12(24)23-16(14-4-3-13(19)9-15(14)20)10-17(25)22-11-18(2)5-7-21-8-6-18/h3-4,9,16,21H,5-8,10-11H2,1-2H3,(H,22,25)(H,23,24). The van der Waals surface area contributed by atoms with Gasteiger partial charge >= 0.3 is 0 Å². The highest BCUT2D eigenvalue weighted by Gasteiger charge is 2.28. The van der Waals surface area contributed by atoms with Crippen molar-refractivity contribution in [1.82, 2.24) is 16.0 Å². The Bertz CT molecular complexity index is 631. The van der Waals surface area contributed by atoms with Gasteiger partial charge in [-0.25, -0.2) is 8.78 Å². The van der Waals surface area contributed by atoms with Gasteiger partial charge in [0.1, 0.15) is 11.6 Å². The van der Waals surface area contributed by atoms with E-state index >= 15 is 0 Å². The predicted molar refractivity (Wildman–Crippen MR) is 90.8 cm³/mol. The van der Waals surface area contributed by atoms with Crippen LogP contribution in [0.15, 0.2) is 18.2 Å². The Morgan fingerprint density at radius 2 is 1.96 bits per heavy atom. The summed E-state index contributed by atoms with van der Waals surface area (Å²) in [6.07, 6.45) is 1.83. The summed E-state index contributed by atoms with van der Waals surface area (Å²) < 4.78 is 27.1. The van der Waals surface area contributed by atoms with Crippen molar-refractivity contribution < 1.29 is 18.4 Å². The van der Waals surface area contributed by atoms with Crippen LogP contribution in [-0.4, -0.2) is 31.4 Å². The number of benzene rings is 1. The minimum absolute atomic E-state index is 0.0333. The van der Waals surface area contributed by atoms with E-state index in [9.17, 15) is 18.4 Å². The van der Waals surface area contributed by atoms with Crippen LogP contribution in [0.2, 0.25) is 0 Å². The molecule has 1 aliphatic heterocycles.